The van der Waals surface area contributed by atoms with Gasteiger partial charge in [0.15, 0.2) is 0 Å². The molecule has 4 heteroatoms. The molecule has 1 atom stereocenters. The summed E-state index contributed by atoms with van der Waals surface area (Å²) in [6.07, 6.45) is 0. The van der Waals surface area contributed by atoms with E-state index in [9.17, 15) is 9.59 Å². The van der Waals surface area contributed by atoms with Crippen molar-refractivity contribution in [3.63, 3.8) is 0 Å². The van der Waals surface area contributed by atoms with Gasteiger partial charge in [0.1, 0.15) is 6.04 Å². The molecule has 0 aliphatic heterocycles. The van der Waals surface area contributed by atoms with Crippen LogP contribution < -0.4 is 10.6 Å². The predicted octanol–water partition coefficient (Wildman–Crippen LogP) is 4.27. The van der Waals surface area contributed by atoms with Gasteiger partial charge in [0.05, 0.1) is 5.92 Å². The van der Waals surface area contributed by atoms with Gasteiger partial charge in [-0.2, -0.15) is 0 Å². The van der Waals surface area contributed by atoms with Crippen LogP contribution in [0.5, 0.6) is 0 Å². The van der Waals surface area contributed by atoms with Crippen LogP contribution in [0.4, 0.5) is 5.69 Å². The first-order valence-corrected chi connectivity index (χ1v) is 9.32. The Balaban J connectivity index is 1.74. The Morgan fingerprint density at radius 2 is 1.21 bits per heavy atom. The summed E-state index contributed by atoms with van der Waals surface area (Å²) >= 11 is 0. The maximum atomic E-state index is 13.1. The lowest BCUT2D eigenvalue weighted by molar-refractivity contribution is -0.126. The van der Waals surface area contributed by atoms with E-state index < -0.39 is 12.0 Å². The van der Waals surface area contributed by atoms with Gasteiger partial charge in [-0.3, -0.25) is 9.59 Å². The fourth-order valence-corrected chi connectivity index (χ4v) is 3.04. The van der Waals surface area contributed by atoms with E-state index in [0.717, 1.165) is 16.7 Å². The molecule has 3 rings (SSSR count). The van der Waals surface area contributed by atoms with Crippen LogP contribution in [0.3, 0.4) is 0 Å². The number of carbonyl (C=O) groups is 2. The Bertz CT molecular complexity index is 882. The highest BCUT2D eigenvalue weighted by Gasteiger charge is 2.25. The molecule has 3 aromatic carbocycles. The normalized spacial score (nSPS) is 11.7. The molecule has 0 bridgehead atoms. The van der Waals surface area contributed by atoms with E-state index in [2.05, 4.69) is 10.6 Å². The molecular weight excluding hydrogens is 348 g/mol. The summed E-state index contributed by atoms with van der Waals surface area (Å²) < 4.78 is 0. The molecule has 28 heavy (non-hydrogen) atoms. The third-order valence-electron chi connectivity index (χ3n) is 4.60. The van der Waals surface area contributed by atoms with E-state index >= 15 is 0 Å². The van der Waals surface area contributed by atoms with E-state index in [-0.39, 0.29) is 11.8 Å². The van der Waals surface area contributed by atoms with Crippen LogP contribution >= 0.6 is 0 Å². The fourth-order valence-electron chi connectivity index (χ4n) is 3.04. The van der Waals surface area contributed by atoms with Crippen LogP contribution in [0.2, 0.25) is 0 Å². The molecule has 2 amide bonds. The van der Waals surface area contributed by atoms with Crippen LogP contribution in [0.1, 0.15) is 29.5 Å². The molecule has 0 spiro atoms. The smallest absolute Gasteiger partial charge is 0.246 e. The molecule has 0 aliphatic carbocycles. The van der Waals surface area contributed by atoms with Gasteiger partial charge in [0.25, 0.3) is 0 Å². The molecular formula is C24H24N2O2. The Labute approximate surface area is 165 Å². The number of hydrogen-bond donors (Lipinski definition) is 2. The average molecular weight is 372 g/mol. The molecule has 0 radical (unpaired) electrons. The standard InChI is InChI=1S/C24H24N2O2/c1-17-13-15-21(16-14-17)26-23(27)18(2)25-24(28)22(19-9-5-3-6-10-19)20-11-7-4-8-12-20/h3-16,18,22H,1-2H3,(H,25,28)(H,26,27). The van der Waals surface area contributed by atoms with E-state index in [4.69, 9.17) is 0 Å². The number of amides is 2. The fraction of sp³-hybridized carbons (Fsp3) is 0.167. The molecule has 1 unspecified atom stereocenters. The lowest BCUT2D eigenvalue weighted by atomic mass is 9.90. The molecule has 0 saturated heterocycles. The van der Waals surface area contributed by atoms with Crippen LogP contribution in [0.15, 0.2) is 84.9 Å². The zero-order valence-electron chi connectivity index (χ0n) is 16.1. The van der Waals surface area contributed by atoms with Gasteiger partial charge >= 0.3 is 0 Å². The Morgan fingerprint density at radius 3 is 1.71 bits per heavy atom. The number of nitrogens with one attached hydrogen (secondary N) is 2. The molecule has 142 valence electrons. The van der Waals surface area contributed by atoms with Gasteiger partial charge in [-0.25, -0.2) is 0 Å². The number of benzene rings is 3. The molecule has 0 aromatic heterocycles. The lowest BCUT2D eigenvalue weighted by Crippen LogP contribution is -2.43. The SMILES string of the molecule is Cc1ccc(NC(=O)C(C)NC(=O)C(c2ccccc2)c2ccccc2)cc1. The number of anilines is 1. The maximum Gasteiger partial charge on any atom is 0.246 e. The number of aryl methyl sites for hydroxylation is 1. The summed E-state index contributed by atoms with van der Waals surface area (Å²) in [4.78, 5) is 25.6. The van der Waals surface area contributed by atoms with Gasteiger partial charge in [-0.15, -0.1) is 0 Å². The van der Waals surface area contributed by atoms with Crippen LogP contribution in [-0.2, 0) is 9.59 Å². The van der Waals surface area contributed by atoms with Crippen molar-refractivity contribution in [3.05, 3.63) is 102 Å². The second-order valence-corrected chi connectivity index (χ2v) is 6.84. The maximum absolute atomic E-state index is 13.1. The van der Waals surface area contributed by atoms with E-state index in [1.807, 2.05) is 91.9 Å². The summed E-state index contributed by atoms with van der Waals surface area (Å²) in [6, 6.07) is 26.1. The molecule has 3 aromatic rings. The van der Waals surface area contributed by atoms with Crippen molar-refractivity contribution < 1.29 is 9.59 Å². The summed E-state index contributed by atoms with van der Waals surface area (Å²) in [5.41, 5.74) is 3.60. The van der Waals surface area contributed by atoms with Crippen LogP contribution in [-0.4, -0.2) is 17.9 Å². The molecule has 0 fully saturated rings. The summed E-state index contributed by atoms with van der Waals surface area (Å²) in [5, 5.41) is 5.70. The largest absolute Gasteiger partial charge is 0.344 e. The number of rotatable bonds is 6. The number of hydrogen-bond acceptors (Lipinski definition) is 2. The Kier molecular flexibility index (Phi) is 6.22. The van der Waals surface area contributed by atoms with E-state index in [1.54, 1.807) is 6.92 Å². The van der Waals surface area contributed by atoms with E-state index in [1.165, 1.54) is 0 Å². The average Bonchev–Trinajstić information content (AvgIpc) is 2.71. The summed E-state index contributed by atoms with van der Waals surface area (Å²) in [7, 11) is 0. The molecule has 0 saturated carbocycles. The van der Waals surface area contributed by atoms with Crippen molar-refractivity contribution in [1.29, 1.82) is 0 Å². The minimum atomic E-state index is -0.663. The monoisotopic (exact) mass is 372 g/mol. The highest BCUT2D eigenvalue weighted by molar-refractivity contribution is 5.98. The van der Waals surface area contributed by atoms with Crippen molar-refractivity contribution in [2.75, 3.05) is 5.32 Å². The van der Waals surface area contributed by atoms with Gasteiger partial charge in [-0.05, 0) is 37.1 Å². The lowest BCUT2D eigenvalue weighted by Gasteiger charge is -2.21. The Morgan fingerprint density at radius 1 is 0.714 bits per heavy atom. The predicted molar refractivity (Wildman–Crippen MR) is 112 cm³/mol. The third-order valence-corrected chi connectivity index (χ3v) is 4.60. The van der Waals surface area contributed by atoms with Crippen molar-refractivity contribution in [2.24, 2.45) is 0 Å². The van der Waals surface area contributed by atoms with Gasteiger partial charge in [0, 0.05) is 5.69 Å². The second-order valence-electron chi connectivity index (χ2n) is 6.84. The van der Waals surface area contributed by atoms with Gasteiger partial charge in [-0.1, -0.05) is 78.4 Å². The van der Waals surface area contributed by atoms with Gasteiger partial charge in [0.2, 0.25) is 11.8 Å². The van der Waals surface area contributed by atoms with Crippen LogP contribution in [0.25, 0.3) is 0 Å². The first kappa shape index (κ1) is 19.4. The van der Waals surface area contributed by atoms with Gasteiger partial charge < -0.3 is 10.6 Å². The molecule has 2 N–H and O–H groups in total. The topological polar surface area (TPSA) is 58.2 Å². The first-order valence-electron chi connectivity index (χ1n) is 9.32. The molecule has 4 nitrogen and oxygen atoms in total. The number of carbonyl (C=O) groups excluding carboxylic acids is 2. The quantitative estimate of drug-likeness (QED) is 0.679. The highest BCUT2D eigenvalue weighted by Crippen LogP contribution is 2.25. The third kappa shape index (κ3) is 4.86. The molecule has 0 aliphatic rings. The minimum absolute atomic E-state index is 0.205. The van der Waals surface area contributed by atoms with Crippen molar-refractivity contribution in [1.82, 2.24) is 5.32 Å². The first-order chi connectivity index (χ1) is 13.5. The van der Waals surface area contributed by atoms with Crippen molar-refractivity contribution in [3.8, 4) is 0 Å². The van der Waals surface area contributed by atoms with E-state index in [0.29, 0.717) is 5.69 Å². The van der Waals surface area contributed by atoms with Crippen molar-refractivity contribution in [2.45, 2.75) is 25.8 Å². The second kappa shape index (κ2) is 9.00. The highest BCUT2D eigenvalue weighted by atomic mass is 16.2. The Hall–Kier alpha value is -3.40. The molecule has 0 heterocycles. The summed E-state index contributed by atoms with van der Waals surface area (Å²) in [6.45, 7) is 3.68. The zero-order chi connectivity index (χ0) is 19.9. The van der Waals surface area contributed by atoms with Crippen LogP contribution in [0, 0.1) is 6.92 Å². The minimum Gasteiger partial charge on any atom is -0.344 e. The zero-order valence-corrected chi connectivity index (χ0v) is 16.1. The van der Waals surface area contributed by atoms with Crippen molar-refractivity contribution >= 4 is 17.5 Å². The summed E-state index contributed by atoms with van der Waals surface area (Å²) in [5.74, 6) is -0.932.